The molecule has 1 aliphatic carbocycles. The molecule has 2 nitrogen and oxygen atoms in total. The van der Waals surface area contributed by atoms with Gasteiger partial charge in [0, 0.05) is 13.2 Å². The van der Waals surface area contributed by atoms with Crippen molar-refractivity contribution < 1.29 is 9.47 Å². The van der Waals surface area contributed by atoms with Crippen LogP contribution in [0.15, 0.2) is 0 Å². The van der Waals surface area contributed by atoms with E-state index in [4.69, 9.17) is 9.47 Å². The first kappa shape index (κ1) is 12.4. The van der Waals surface area contributed by atoms with E-state index in [1.807, 2.05) is 0 Å². The van der Waals surface area contributed by atoms with Gasteiger partial charge in [-0.3, -0.25) is 0 Å². The van der Waals surface area contributed by atoms with E-state index < -0.39 is 0 Å². The Bertz CT molecular complexity index is 193. The van der Waals surface area contributed by atoms with Crippen molar-refractivity contribution >= 4 is 0 Å². The summed E-state index contributed by atoms with van der Waals surface area (Å²) >= 11 is 0. The predicted molar refractivity (Wildman–Crippen MR) is 65.6 cm³/mol. The Hall–Kier alpha value is -0.0800. The number of ether oxygens (including phenoxy) is 2. The van der Waals surface area contributed by atoms with Crippen LogP contribution in [0, 0.1) is 5.92 Å². The Morgan fingerprint density at radius 2 is 1.94 bits per heavy atom. The molecule has 94 valence electrons. The van der Waals surface area contributed by atoms with Crippen LogP contribution in [0.3, 0.4) is 0 Å². The van der Waals surface area contributed by atoms with Gasteiger partial charge >= 0.3 is 0 Å². The van der Waals surface area contributed by atoms with Gasteiger partial charge in [0.1, 0.15) is 0 Å². The maximum atomic E-state index is 5.79. The molecule has 2 aliphatic rings. The smallest absolute Gasteiger partial charge is 0.0945 e. The zero-order valence-corrected chi connectivity index (χ0v) is 10.7. The molecule has 0 bridgehead atoms. The SMILES string of the molecule is CCCOCCCC1(C2CCCCC2)CO1. The molecule has 1 unspecified atom stereocenters. The molecule has 0 aromatic heterocycles. The van der Waals surface area contributed by atoms with Crippen molar-refractivity contribution in [3.05, 3.63) is 0 Å². The summed E-state index contributed by atoms with van der Waals surface area (Å²) in [7, 11) is 0. The standard InChI is InChI=1S/C14H26O2/c1-2-10-15-11-6-9-14(12-16-14)13-7-4-3-5-8-13/h13H,2-12H2,1H3. The van der Waals surface area contributed by atoms with Crippen LogP contribution in [0.5, 0.6) is 0 Å². The Morgan fingerprint density at radius 3 is 2.56 bits per heavy atom. The van der Waals surface area contributed by atoms with E-state index in [0.717, 1.165) is 32.2 Å². The van der Waals surface area contributed by atoms with Gasteiger partial charge in [0.15, 0.2) is 0 Å². The van der Waals surface area contributed by atoms with Crippen LogP contribution < -0.4 is 0 Å². The van der Waals surface area contributed by atoms with Gasteiger partial charge in [-0.1, -0.05) is 26.2 Å². The molecule has 0 spiro atoms. The van der Waals surface area contributed by atoms with E-state index in [1.165, 1.54) is 44.9 Å². The monoisotopic (exact) mass is 226 g/mol. The summed E-state index contributed by atoms with van der Waals surface area (Å²) in [5, 5.41) is 0. The lowest BCUT2D eigenvalue weighted by molar-refractivity contribution is 0.109. The molecular formula is C14H26O2. The maximum absolute atomic E-state index is 5.79. The van der Waals surface area contributed by atoms with E-state index in [2.05, 4.69) is 6.92 Å². The van der Waals surface area contributed by atoms with Crippen LogP contribution in [0.4, 0.5) is 0 Å². The molecule has 0 radical (unpaired) electrons. The zero-order valence-electron chi connectivity index (χ0n) is 10.7. The largest absolute Gasteiger partial charge is 0.381 e. The van der Waals surface area contributed by atoms with Crippen molar-refractivity contribution in [3.63, 3.8) is 0 Å². The summed E-state index contributed by atoms with van der Waals surface area (Å²) in [5.41, 5.74) is 0.288. The van der Waals surface area contributed by atoms with Crippen molar-refractivity contribution in [3.8, 4) is 0 Å². The van der Waals surface area contributed by atoms with E-state index >= 15 is 0 Å². The summed E-state index contributed by atoms with van der Waals surface area (Å²) in [6.45, 7) is 5.02. The lowest BCUT2D eigenvalue weighted by Gasteiger charge is -2.27. The zero-order chi connectivity index (χ0) is 11.3. The van der Waals surface area contributed by atoms with E-state index in [9.17, 15) is 0 Å². The molecule has 2 fully saturated rings. The normalized spacial score (nSPS) is 30.6. The third kappa shape index (κ3) is 3.21. The van der Waals surface area contributed by atoms with E-state index in [1.54, 1.807) is 0 Å². The summed E-state index contributed by atoms with van der Waals surface area (Å²) < 4.78 is 11.3. The lowest BCUT2D eigenvalue weighted by atomic mass is 9.78. The van der Waals surface area contributed by atoms with Gasteiger partial charge in [0.25, 0.3) is 0 Å². The number of hydrogen-bond acceptors (Lipinski definition) is 2. The average Bonchev–Trinajstić information content (AvgIpc) is 3.11. The summed E-state index contributed by atoms with van der Waals surface area (Å²) in [6.07, 6.45) is 10.6. The minimum atomic E-state index is 0.288. The fourth-order valence-corrected chi connectivity index (χ4v) is 3.03. The van der Waals surface area contributed by atoms with Crippen molar-refractivity contribution in [1.29, 1.82) is 0 Å². The van der Waals surface area contributed by atoms with Gasteiger partial charge in [-0.25, -0.2) is 0 Å². The van der Waals surface area contributed by atoms with Crippen molar-refractivity contribution in [2.75, 3.05) is 19.8 Å². The molecule has 0 N–H and O–H groups in total. The molecule has 16 heavy (non-hydrogen) atoms. The number of rotatable bonds is 7. The quantitative estimate of drug-likeness (QED) is 0.489. The van der Waals surface area contributed by atoms with Crippen molar-refractivity contribution in [2.24, 2.45) is 5.92 Å². The average molecular weight is 226 g/mol. The van der Waals surface area contributed by atoms with Crippen molar-refractivity contribution in [2.45, 2.75) is 63.9 Å². The molecular weight excluding hydrogens is 200 g/mol. The molecule has 2 rings (SSSR count). The highest BCUT2D eigenvalue weighted by atomic mass is 16.6. The molecule has 0 amide bonds. The fourth-order valence-electron chi connectivity index (χ4n) is 3.03. The molecule has 1 atom stereocenters. The summed E-state index contributed by atoms with van der Waals surface area (Å²) in [6, 6.07) is 0. The van der Waals surface area contributed by atoms with Crippen molar-refractivity contribution in [1.82, 2.24) is 0 Å². The van der Waals surface area contributed by atoms with Crippen LogP contribution in [0.1, 0.15) is 58.3 Å². The molecule has 1 saturated carbocycles. The first-order valence-corrected chi connectivity index (χ1v) is 7.09. The second-order valence-electron chi connectivity index (χ2n) is 5.40. The summed E-state index contributed by atoms with van der Waals surface area (Å²) in [5.74, 6) is 0.854. The van der Waals surface area contributed by atoms with Crippen LogP contribution in [0.2, 0.25) is 0 Å². The van der Waals surface area contributed by atoms with Gasteiger partial charge in [-0.15, -0.1) is 0 Å². The first-order chi connectivity index (χ1) is 7.87. The third-order valence-electron chi connectivity index (χ3n) is 4.10. The second kappa shape index (κ2) is 6.02. The topological polar surface area (TPSA) is 21.8 Å². The highest BCUT2D eigenvalue weighted by Gasteiger charge is 2.50. The maximum Gasteiger partial charge on any atom is 0.0945 e. The van der Waals surface area contributed by atoms with Gasteiger partial charge in [0.05, 0.1) is 12.2 Å². The highest BCUT2D eigenvalue weighted by molar-refractivity contribution is 4.98. The highest BCUT2D eigenvalue weighted by Crippen LogP contribution is 2.46. The van der Waals surface area contributed by atoms with Crippen LogP contribution >= 0.6 is 0 Å². The van der Waals surface area contributed by atoms with E-state index in [-0.39, 0.29) is 5.60 Å². The molecule has 1 aliphatic heterocycles. The first-order valence-electron chi connectivity index (χ1n) is 7.09. The Labute approximate surface area is 99.7 Å². The Kier molecular flexibility index (Phi) is 4.66. The lowest BCUT2D eigenvalue weighted by Crippen LogP contribution is -2.27. The van der Waals surface area contributed by atoms with Gasteiger partial charge in [0.2, 0.25) is 0 Å². The fraction of sp³-hybridized carbons (Fsp3) is 1.00. The minimum absolute atomic E-state index is 0.288. The van der Waals surface area contributed by atoms with Gasteiger partial charge in [-0.2, -0.15) is 0 Å². The molecule has 0 aromatic carbocycles. The molecule has 1 saturated heterocycles. The summed E-state index contributed by atoms with van der Waals surface area (Å²) in [4.78, 5) is 0. The molecule has 0 aromatic rings. The van der Waals surface area contributed by atoms with Crippen LogP contribution in [-0.2, 0) is 9.47 Å². The Balaban J connectivity index is 1.63. The number of hydrogen-bond donors (Lipinski definition) is 0. The molecule has 2 heteroatoms. The van der Waals surface area contributed by atoms with Gasteiger partial charge in [-0.05, 0) is 38.0 Å². The Morgan fingerprint density at radius 1 is 1.19 bits per heavy atom. The van der Waals surface area contributed by atoms with Gasteiger partial charge < -0.3 is 9.47 Å². The second-order valence-corrected chi connectivity index (χ2v) is 5.40. The van der Waals surface area contributed by atoms with E-state index in [0.29, 0.717) is 0 Å². The minimum Gasteiger partial charge on any atom is -0.381 e. The van der Waals surface area contributed by atoms with Crippen LogP contribution in [0.25, 0.3) is 0 Å². The molecule has 1 heterocycles. The third-order valence-corrected chi connectivity index (χ3v) is 4.10. The van der Waals surface area contributed by atoms with Crippen LogP contribution in [-0.4, -0.2) is 25.4 Å². The predicted octanol–water partition coefficient (Wildman–Crippen LogP) is 3.54. The number of epoxide rings is 1.